The first kappa shape index (κ1) is 15.3. The number of esters is 1. The first-order valence-corrected chi connectivity index (χ1v) is 7.19. The largest absolute Gasteiger partial charge is 0.506 e. The zero-order chi connectivity index (χ0) is 15.5. The van der Waals surface area contributed by atoms with Gasteiger partial charge in [-0.15, -0.1) is 0 Å². The predicted molar refractivity (Wildman–Crippen MR) is 83.4 cm³/mol. The van der Waals surface area contributed by atoms with Crippen LogP contribution in [0.5, 0.6) is 0 Å². The smallest absolute Gasteiger partial charge is 0.343 e. The Hall–Kier alpha value is -2.10. The molecule has 1 N–H and O–H groups in total. The fraction of sp³-hybridized carbons (Fsp3) is 0.412. The lowest BCUT2D eigenvalue weighted by atomic mass is 9.99. The molecule has 0 aliphatic carbocycles. The highest BCUT2D eigenvalue weighted by Crippen LogP contribution is 2.30. The topological polar surface area (TPSA) is 58.9 Å². The van der Waals surface area contributed by atoms with Crippen molar-refractivity contribution in [3.63, 3.8) is 0 Å². The summed E-state index contributed by atoms with van der Waals surface area (Å²) >= 11 is 0. The number of aliphatic hydroxyl groups is 1. The van der Waals surface area contributed by atoms with Gasteiger partial charge in [0.2, 0.25) is 0 Å². The van der Waals surface area contributed by atoms with Gasteiger partial charge in [-0.3, -0.25) is 4.99 Å². The Morgan fingerprint density at radius 3 is 2.52 bits per heavy atom. The van der Waals surface area contributed by atoms with E-state index in [1.807, 2.05) is 32.0 Å². The Kier molecular flexibility index (Phi) is 4.46. The number of carbonyl (C=O) groups excluding carboxylic acids is 1. The molecule has 0 fully saturated rings. The second kappa shape index (κ2) is 6.12. The molecule has 4 heteroatoms. The molecule has 0 radical (unpaired) electrons. The van der Waals surface area contributed by atoms with Crippen molar-refractivity contribution in [3.8, 4) is 0 Å². The second-order valence-electron chi connectivity index (χ2n) is 5.68. The van der Waals surface area contributed by atoms with E-state index in [9.17, 15) is 9.90 Å². The van der Waals surface area contributed by atoms with Crippen LogP contribution < -0.4 is 0 Å². The molecule has 0 saturated heterocycles. The molecule has 1 aromatic carbocycles. The van der Waals surface area contributed by atoms with E-state index in [1.165, 1.54) is 0 Å². The van der Waals surface area contributed by atoms with Crippen molar-refractivity contribution in [2.75, 3.05) is 6.61 Å². The van der Waals surface area contributed by atoms with Crippen LogP contribution in [-0.2, 0) is 9.53 Å². The maximum Gasteiger partial charge on any atom is 0.343 e. The lowest BCUT2D eigenvalue weighted by Crippen LogP contribution is -2.17. The van der Waals surface area contributed by atoms with Crippen molar-refractivity contribution in [1.82, 2.24) is 0 Å². The maximum atomic E-state index is 12.2. The highest BCUT2D eigenvalue weighted by Gasteiger charge is 2.31. The molecule has 4 nitrogen and oxygen atoms in total. The van der Waals surface area contributed by atoms with Crippen molar-refractivity contribution in [3.05, 3.63) is 41.5 Å². The Morgan fingerprint density at radius 2 is 2.00 bits per heavy atom. The van der Waals surface area contributed by atoms with Crippen LogP contribution in [0, 0.1) is 0 Å². The number of aliphatic hydroxyl groups excluding tert-OH is 1. The van der Waals surface area contributed by atoms with Crippen LogP contribution >= 0.6 is 0 Å². The molecule has 2 rings (SSSR count). The minimum absolute atomic E-state index is 0.0644. The van der Waals surface area contributed by atoms with Crippen molar-refractivity contribution in [2.24, 2.45) is 4.99 Å². The number of carbonyl (C=O) groups is 1. The molecule has 0 unspecified atom stereocenters. The van der Waals surface area contributed by atoms with E-state index in [0.29, 0.717) is 17.7 Å². The van der Waals surface area contributed by atoms with Gasteiger partial charge in [0, 0.05) is 5.56 Å². The molecule has 0 atom stereocenters. The van der Waals surface area contributed by atoms with E-state index in [4.69, 9.17) is 4.74 Å². The third-order valence-corrected chi connectivity index (χ3v) is 3.46. The van der Waals surface area contributed by atoms with Crippen molar-refractivity contribution < 1.29 is 14.6 Å². The van der Waals surface area contributed by atoms with Crippen LogP contribution in [0.15, 0.2) is 40.9 Å². The summed E-state index contributed by atoms with van der Waals surface area (Å²) in [6, 6.07) is 9.00. The van der Waals surface area contributed by atoms with E-state index in [0.717, 1.165) is 6.42 Å². The summed E-state index contributed by atoms with van der Waals surface area (Å²) in [6.07, 6.45) is 1.52. The van der Waals surface area contributed by atoms with Crippen LogP contribution in [0.25, 0.3) is 5.76 Å². The molecule has 1 aliphatic heterocycles. The van der Waals surface area contributed by atoms with Gasteiger partial charge < -0.3 is 9.84 Å². The Balaban J connectivity index is 2.49. The van der Waals surface area contributed by atoms with Crippen LogP contribution in [-0.4, -0.2) is 28.9 Å². The normalized spacial score (nSPS) is 18.0. The van der Waals surface area contributed by atoms with E-state index in [2.05, 4.69) is 4.99 Å². The molecule has 0 aromatic heterocycles. The van der Waals surface area contributed by atoms with Crippen LogP contribution in [0.2, 0.25) is 0 Å². The molecule has 1 aliphatic rings. The van der Waals surface area contributed by atoms with Gasteiger partial charge in [0.25, 0.3) is 0 Å². The number of hydrogen-bond donors (Lipinski definition) is 1. The lowest BCUT2D eigenvalue weighted by molar-refractivity contribution is -0.137. The molecule has 0 saturated carbocycles. The van der Waals surface area contributed by atoms with Gasteiger partial charge in [0.15, 0.2) is 0 Å². The molecule has 21 heavy (non-hydrogen) atoms. The number of aliphatic imine (C=N–C) groups is 1. The first-order valence-electron chi connectivity index (χ1n) is 7.19. The summed E-state index contributed by atoms with van der Waals surface area (Å²) in [6.45, 7) is 6.04. The van der Waals surface area contributed by atoms with Crippen molar-refractivity contribution in [1.29, 1.82) is 0 Å². The number of benzene rings is 1. The molecular formula is C17H21NO3. The number of rotatable bonds is 4. The average molecular weight is 287 g/mol. The van der Waals surface area contributed by atoms with Gasteiger partial charge in [-0.2, -0.15) is 0 Å². The quantitative estimate of drug-likeness (QED) is 0.523. The minimum atomic E-state index is -0.518. The third-order valence-electron chi connectivity index (χ3n) is 3.46. The number of nitrogens with zero attached hydrogens (tertiary/aromatic N) is 1. The Bertz CT molecular complexity index is 585. The molecule has 0 bridgehead atoms. The van der Waals surface area contributed by atoms with Gasteiger partial charge in [0.05, 0.1) is 17.9 Å². The summed E-state index contributed by atoms with van der Waals surface area (Å²) in [7, 11) is 0. The summed E-state index contributed by atoms with van der Waals surface area (Å²) in [5.41, 5.74) is 1.20. The lowest BCUT2D eigenvalue weighted by Gasteiger charge is -2.12. The monoisotopic (exact) mass is 287 g/mol. The fourth-order valence-electron chi connectivity index (χ4n) is 2.38. The zero-order valence-electron chi connectivity index (χ0n) is 12.7. The third kappa shape index (κ3) is 3.51. The summed E-state index contributed by atoms with van der Waals surface area (Å²) in [5.74, 6) is -0.583. The second-order valence-corrected chi connectivity index (χ2v) is 5.68. The van der Waals surface area contributed by atoms with Gasteiger partial charge in [-0.05, 0) is 33.6 Å². The molecule has 0 spiro atoms. The predicted octanol–water partition coefficient (Wildman–Crippen LogP) is 3.53. The summed E-state index contributed by atoms with van der Waals surface area (Å²) < 4.78 is 5.09. The van der Waals surface area contributed by atoms with E-state index < -0.39 is 5.97 Å². The van der Waals surface area contributed by atoms with Crippen LogP contribution in [0.1, 0.15) is 39.2 Å². The summed E-state index contributed by atoms with van der Waals surface area (Å²) in [5, 5.41) is 10.5. The van der Waals surface area contributed by atoms with E-state index >= 15 is 0 Å². The van der Waals surface area contributed by atoms with E-state index in [-0.39, 0.29) is 23.5 Å². The molecule has 1 aromatic rings. The van der Waals surface area contributed by atoms with Crippen LogP contribution in [0.4, 0.5) is 0 Å². The SMILES string of the molecule is CCOC(=O)/C(C1=NC(C)(C)CC1)=C(/O)c1ccccc1. The Morgan fingerprint density at radius 1 is 1.33 bits per heavy atom. The highest BCUT2D eigenvalue weighted by molar-refractivity contribution is 6.24. The number of ether oxygens (including phenoxy) is 1. The van der Waals surface area contributed by atoms with Crippen LogP contribution in [0.3, 0.4) is 0 Å². The maximum absolute atomic E-state index is 12.2. The molecule has 0 amide bonds. The van der Waals surface area contributed by atoms with Gasteiger partial charge in [-0.1, -0.05) is 30.3 Å². The van der Waals surface area contributed by atoms with Gasteiger partial charge in [0.1, 0.15) is 11.3 Å². The van der Waals surface area contributed by atoms with Crippen molar-refractivity contribution >= 4 is 17.4 Å². The Labute approximate surface area is 125 Å². The first-order chi connectivity index (χ1) is 9.94. The molecule has 1 heterocycles. The highest BCUT2D eigenvalue weighted by atomic mass is 16.5. The summed E-state index contributed by atoms with van der Waals surface area (Å²) in [4.78, 5) is 16.8. The van der Waals surface area contributed by atoms with Gasteiger partial charge >= 0.3 is 5.97 Å². The minimum Gasteiger partial charge on any atom is -0.506 e. The zero-order valence-corrected chi connectivity index (χ0v) is 12.7. The van der Waals surface area contributed by atoms with Gasteiger partial charge in [-0.25, -0.2) is 4.79 Å². The molecular weight excluding hydrogens is 266 g/mol. The van der Waals surface area contributed by atoms with E-state index in [1.54, 1.807) is 19.1 Å². The molecule has 112 valence electrons. The fourth-order valence-corrected chi connectivity index (χ4v) is 2.38. The number of hydrogen-bond acceptors (Lipinski definition) is 4. The van der Waals surface area contributed by atoms with Crippen molar-refractivity contribution in [2.45, 2.75) is 39.2 Å². The standard InChI is InChI=1S/C17H21NO3/c1-4-21-16(20)14(13-10-11-17(2,3)18-13)15(19)12-8-6-5-7-9-12/h5-9,19H,4,10-11H2,1-3H3/b15-14+. The average Bonchev–Trinajstić information content (AvgIpc) is 2.80.